The van der Waals surface area contributed by atoms with Crippen LogP contribution in [0.15, 0.2) is 41.3 Å². The normalized spacial score (nSPS) is 15.2. The van der Waals surface area contributed by atoms with Crippen molar-refractivity contribution in [2.24, 2.45) is 5.92 Å². The van der Waals surface area contributed by atoms with Gasteiger partial charge in [0.25, 0.3) is 5.91 Å². The number of hydrogen-bond donors (Lipinski definition) is 1. The zero-order valence-electron chi connectivity index (χ0n) is 19.1. The molecule has 0 spiro atoms. The number of para-hydroxylation sites is 1. The molecule has 1 fully saturated rings. The van der Waals surface area contributed by atoms with E-state index < -0.39 is 46.1 Å². The number of ether oxygens (including phenoxy) is 1. The van der Waals surface area contributed by atoms with Gasteiger partial charge in [0, 0.05) is 18.8 Å². The van der Waals surface area contributed by atoms with Crippen molar-refractivity contribution in [2.45, 2.75) is 44.4 Å². The second-order valence-corrected chi connectivity index (χ2v) is 10.0. The third kappa shape index (κ3) is 5.79. The highest BCUT2D eigenvalue weighted by molar-refractivity contribution is 7.89. The number of sulfonamides is 1. The summed E-state index contributed by atoms with van der Waals surface area (Å²) in [4.78, 5) is 24.5. The van der Waals surface area contributed by atoms with Crippen molar-refractivity contribution in [3.63, 3.8) is 0 Å². The Balaban J connectivity index is 1.53. The predicted molar refractivity (Wildman–Crippen MR) is 123 cm³/mol. The lowest BCUT2D eigenvalue weighted by Gasteiger charge is -2.30. The van der Waals surface area contributed by atoms with Gasteiger partial charge in [-0.3, -0.25) is 9.59 Å². The van der Waals surface area contributed by atoms with Gasteiger partial charge in [-0.15, -0.1) is 0 Å². The fourth-order valence-electron chi connectivity index (χ4n) is 3.95. The Labute approximate surface area is 198 Å². The molecule has 2 aromatic carbocycles. The Morgan fingerprint density at radius 2 is 1.65 bits per heavy atom. The molecule has 2 aromatic rings. The van der Waals surface area contributed by atoms with Gasteiger partial charge in [-0.1, -0.05) is 32.0 Å². The number of halogens is 2. The molecule has 0 atom stereocenters. The van der Waals surface area contributed by atoms with Crippen LogP contribution < -0.4 is 5.32 Å². The number of hydrogen-bond acceptors (Lipinski definition) is 5. The summed E-state index contributed by atoms with van der Waals surface area (Å²) in [5, 5.41) is 2.83. The van der Waals surface area contributed by atoms with Crippen LogP contribution in [0.3, 0.4) is 0 Å². The first-order valence-electron chi connectivity index (χ1n) is 11.2. The molecule has 7 nitrogen and oxygen atoms in total. The van der Waals surface area contributed by atoms with E-state index >= 15 is 0 Å². The van der Waals surface area contributed by atoms with Crippen LogP contribution in [-0.2, 0) is 37.2 Å². The van der Waals surface area contributed by atoms with Gasteiger partial charge < -0.3 is 10.1 Å². The van der Waals surface area contributed by atoms with Crippen LogP contribution in [0.1, 0.15) is 37.8 Å². The number of carbonyl (C=O) groups is 2. The predicted octanol–water partition coefficient (Wildman–Crippen LogP) is 3.67. The van der Waals surface area contributed by atoms with Gasteiger partial charge in [0.1, 0.15) is 0 Å². The highest BCUT2D eigenvalue weighted by atomic mass is 32.2. The second-order valence-electron chi connectivity index (χ2n) is 8.07. The number of anilines is 1. The number of nitrogens with one attached hydrogen (secondary N) is 1. The molecule has 1 aliphatic rings. The molecule has 1 saturated heterocycles. The van der Waals surface area contributed by atoms with E-state index in [-0.39, 0.29) is 30.8 Å². The van der Waals surface area contributed by atoms with E-state index in [1.54, 1.807) is 0 Å². The molecule has 184 valence electrons. The van der Waals surface area contributed by atoms with Crippen molar-refractivity contribution < 1.29 is 31.5 Å². The number of rotatable bonds is 8. The average Bonchev–Trinajstić information content (AvgIpc) is 2.84. The molecule has 0 unspecified atom stereocenters. The van der Waals surface area contributed by atoms with Gasteiger partial charge in [0.2, 0.25) is 10.0 Å². The maximum absolute atomic E-state index is 13.5. The number of benzene rings is 2. The molecular formula is C24H28F2N2O5S. The van der Waals surface area contributed by atoms with E-state index in [0.29, 0.717) is 6.07 Å². The van der Waals surface area contributed by atoms with E-state index in [2.05, 4.69) is 5.32 Å². The summed E-state index contributed by atoms with van der Waals surface area (Å²) >= 11 is 0. The van der Waals surface area contributed by atoms with Crippen molar-refractivity contribution in [1.82, 2.24) is 4.31 Å². The summed E-state index contributed by atoms with van der Waals surface area (Å²) in [6.45, 7) is 3.59. The van der Waals surface area contributed by atoms with E-state index in [9.17, 15) is 26.8 Å². The molecule has 10 heteroatoms. The van der Waals surface area contributed by atoms with Gasteiger partial charge in [-0.2, -0.15) is 4.31 Å². The van der Waals surface area contributed by atoms with E-state index in [0.717, 1.165) is 46.1 Å². The van der Waals surface area contributed by atoms with Gasteiger partial charge >= 0.3 is 5.97 Å². The molecule has 0 aliphatic carbocycles. The van der Waals surface area contributed by atoms with Crippen LogP contribution in [0.25, 0.3) is 0 Å². The second kappa shape index (κ2) is 11.1. The van der Waals surface area contributed by atoms with Crippen LogP contribution in [0.4, 0.5) is 14.5 Å². The third-order valence-corrected chi connectivity index (χ3v) is 7.82. The zero-order chi connectivity index (χ0) is 24.9. The number of amides is 1. The molecule has 0 saturated carbocycles. The first-order chi connectivity index (χ1) is 16.2. The summed E-state index contributed by atoms with van der Waals surface area (Å²) in [7, 11) is -4.01. The summed E-state index contributed by atoms with van der Waals surface area (Å²) in [6, 6.07) is 8.22. The van der Waals surface area contributed by atoms with Crippen LogP contribution in [0.2, 0.25) is 0 Å². The Morgan fingerprint density at radius 1 is 1.03 bits per heavy atom. The quantitative estimate of drug-likeness (QED) is 0.566. The smallest absolute Gasteiger partial charge is 0.309 e. The third-order valence-electron chi connectivity index (χ3n) is 5.92. The lowest BCUT2D eigenvalue weighted by atomic mass is 9.98. The van der Waals surface area contributed by atoms with E-state index in [4.69, 9.17) is 4.74 Å². The van der Waals surface area contributed by atoms with Gasteiger partial charge in [0.05, 0.1) is 10.8 Å². The van der Waals surface area contributed by atoms with Crippen LogP contribution in [0.5, 0.6) is 0 Å². The molecule has 1 heterocycles. The average molecular weight is 495 g/mol. The number of esters is 1. The topological polar surface area (TPSA) is 92.8 Å². The number of piperidine rings is 1. The van der Waals surface area contributed by atoms with Crippen molar-refractivity contribution in [3.05, 3.63) is 59.2 Å². The van der Waals surface area contributed by atoms with Crippen LogP contribution >= 0.6 is 0 Å². The highest BCUT2D eigenvalue weighted by Gasteiger charge is 2.33. The Kier molecular flexibility index (Phi) is 8.37. The summed E-state index contributed by atoms with van der Waals surface area (Å²) in [6.07, 6.45) is 1.88. The van der Waals surface area contributed by atoms with Crippen molar-refractivity contribution in [2.75, 3.05) is 25.0 Å². The van der Waals surface area contributed by atoms with Crippen LogP contribution in [0, 0.1) is 17.6 Å². The van der Waals surface area contributed by atoms with Crippen molar-refractivity contribution in [3.8, 4) is 0 Å². The van der Waals surface area contributed by atoms with E-state index in [1.807, 2.05) is 32.0 Å². The fourth-order valence-corrected chi connectivity index (χ4v) is 5.43. The standard InChI is InChI=1S/C24H28F2N2O5S/c1-3-16-6-5-7-17(4-2)23(16)27-22(29)15-33-24(30)18-10-12-28(13-11-18)34(31,32)19-8-9-20(25)21(26)14-19/h5-9,14,18H,3-4,10-13,15H2,1-2H3,(H,27,29). The number of carbonyl (C=O) groups excluding carboxylic acids is 2. The molecule has 1 aliphatic heterocycles. The number of nitrogens with zero attached hydrogens (tertiary/aromatic N) is 1. The monoisotopic (exact) mass is 494 g/mol. The van der Waals surface area contributed by atoms with E-state index in [1.165, 1.54) is 0 Å². The van der Waals surface area contributed by atoms with Gasteiger partial charge in [0.15, 0.2) is 18.2 Å². The SMILES string of the molecule is CCc1cccc(CC)c1NC(=O)COC(=O)C1CCN(S(=O)(=O)c2ccc(F)c(F)c2)CC1. The highest BCUT2D eigenvalue weighted by Crippen LogP contribution is 2.26. The molecule has 0 aromatic heterocycles. The maximum Gasteiger partial charge on any atom is 0.309 e. The van der Waals surface area contributed by atoms with Gasteiger partial charge in [-0.25, -0.2) is 17.2 Å². The van der Waals surface area contributed by atoms with Crippen molar-refractivity contribution >= 4 is 27.6 Å². The summed E-state index contributed by atoms with van der Waals surface area (Å²) in [5.74, 6) is -3.95. The molecule has 0 radical (unpaired) electrons. The first kappa shape index (κ1) is 25.8. The molecule has 1 N–H and O–H groups in total. The Bertz CT molecular complexity index is 1140. The zero-order valence-corrected chi connectivity index (χ0v) is 20.0. The first-order valence-corrected chi connectivity index (χ1v) is 12.6. The summed E-state index contributed by atoms with van der Waals surface area (Å²) in [5.41, 5.74) is 2.73. The fraction of sp³-hybridized carbons (Fsp3) is 0.417. The summed E-state index contributed by atoms with van der Waals surface area (Å²) < 4.78 is 58.3. The minimum absolute atomic E-state index is 0.0248. The minimum Gasteiger partial charge on any atom is -0.455 e. The molecule has 34 heavy (non-hydrogen) atoms. The molecule has 1 amide bonds. The lowest BCUT2D eigenvalue weighted by molar-refractivity contribution is -0.152. The van der Waals surface area contributed by atoms with Crippen LogP contribution in [-0.4, -0.2) is 44.3 Å². The van der Waals surface area contributed by atoms with Gasteiger partial charge in [-0.05, 0) is 55.0 Å². The minimum atomic E-state index is -4.01. The molecule has 0 bridgehead atoms. The lowest BCUT2D eigenvalue weighted by Crippen LogP contribution is -2.41. The number of aryl methyl sites for hydroxylation is 2. The maximum atomic E-state index is 13.5. The molecule has 3 rings (SSSR count). The largest absolute Gasteiger partial charge is 0.455 e. The molecular weight excluding hydrogens is 466 g/mol. The Morgan fingerprint density at radius 3 is 2.21 bits per heavy atom. The Hall–Kier alpha value is -2.85. The van der Waals surface area contributed by atoms with Crippen molar-refractivity contribution in [1.29, 1.82) is 0 Å².